The predicted molar refractivity (Wildman–Crippen MR) is 97.3 cm³/mol. The van der Waals surface area contributed by atoms with Gasteiger partial charge >= 0.3 is 0 Å². The van der Waals surface area contributed by atoms with Crippen LogP contribution >= 0.6 is 0 Å². The molecule has 0 saturated carbocycles. The van der Waals surface area contributed by atoms with Gasteiger partial charge in [-0.2, -0.15) is 4.31 Å². The highest BCUT2D eigenvalue weighted by atomic mass is 32.2. The summed E-state index contributed by atoms with van der Waals surface area (Å²) in [5.41, 5.74) is 2.63. The first-order valence-corrected chi connectivity index (χ1v) is 9.97. The third-order valence-electron chi connectivity index (χ3n) is 4.83. The van der Waals surface area contributed by atoms with E-state index in [9.17, 15) is 8.42 Å². The van der Waals surface area contributed by atoms with E-state index < -0.39 is 10.0 Å². The molecule has 134 valence electrons. The first-order chi connectivity index (χ1) is 12.0. The number of benzene rings is 2. The molecule has 1 fully saturated rings. The summed E-state index contributed by atoms with van der Waals surface area (Å²) in [5, 5.41) is 0. The number of ether oxygens (including phenoxy) is 1. The van der Waals surface area contributed by atoms with Crippen molar-refractivity contribution in [3.8, 4) is 5.75 Å². The number of methoxy groups -OCH3 is 1. The maximum absolute atomic E-state index is 12.8. The first-order valence-electron chi connectivity index (χ1n) is 8.53. The van der Waals surface area contributed by atoms with Crippen molar-refractivity contribution in [2.75, 3.05) is 33.3 Å². The Bertz CT molecular complexity index is 811. The fourth-order valence-corrected chi connectivity index (χ4v) is 4.64. The fraction of sp³-hybridized carbons (Fsp3) is 0.368. The quantitative estimate of drug-likeness (QED) is 0.868. The molecule has 0 atom stereocenters. The van der Waals surface area contributed by atoms with Crippen molar-refractivity contribution in [1.82, 2.24) is 4.31 Å². The van der Waals surface area contributed by atoms with Crippen LogP contribution in [0.5, 0.6) is 5.75 Å². The summed E-state index contributed by atoms with van der Waals surface area (Å²) in [6.45, 7) is 5.82. The molecule has 0 spiro atoms. The standard InChI is InChI=1S/C19H24N2O3S/c1-16-5-3-4-6-17(16)15-20-11-13-21(14-12-20)25(22,23)19-9-7-18(24-2)8-10-19/h3-10H,11-15H2,1-2H3/p+1. The van der Waals surface area contributed by atoms with E-state index in [0.717, 1.165) is 19.6 Å². The van der Waals surface area contributed by atoms with Crippen LogP contribution in [0.25, 0.3) is 0 Å². The van der Waals surface area contributed by atoms with Gasteiger partial charge in [0.1, 0.15) is 12.3 Å². The Kier molecular flexibility index (Phi) is 5.42. The van der Waals surface area contributed by atoms with E-state index in [0.29, 0.717) is 23.7 Å². The monoisotopic (exact) mass is 361 g/mol. The molecule has 6 heteroatoms. The number of hydrogen-bond donors (Lipinski definition) is 1. The van der Waals surface area contributed by atoms with E-state index >= 15 is 0 Å². The minimum absolute atomic E-state index is 0.329. The molecule has 0 aliphatic carbocycles. The summed E-state index contributed by atoms with van der Waals surface area (Å²) in [6.07, 6.45) is 0. The van der Waals surface area contributed by atoms with Crippen molar-refractivity contribution in [2.45, 2.75) is 18.4 Å². The Hall–Kier alpha value is -1.89. The largest absolute Gasteiger partial charge is 0.497 e. The van der Waals surface area contributed by atoms with Gasteiger partial charge in [-0.05, 0) is 36.8 Å². The Morgan fingerprint density at radius 3 is 2.28 bits per heavy atom. The molecule has 0 aromatic heterocycles. The molecule has 2 aromatic carbocycles. The summed E-state index contributed by atoms with van der Waals surface area (Å²) in [6, 6.07) is 15.0. The molecule has 0 amide bonds. The molecule has 5 nitrogen and oxygen atoms in total. The van der Waals surface area contributed by atoms with Crippen LogP contribution in [0, 0.1) is 6.92 Å². The molecule has 1 aliphatic heterocycles. The maximum Gasteiger partial charge on any atom is 0.243 e. The van der Waals surface area contributed by atoms with Crippen molar-refractivity contribution in [1.29, 1.82) is 0 Å². The second-order valence-corrected chi connectivity index (χ2v) is 8.37. The molecule has 1 heterocycles. The number of rotatable bonds is 5. The van der Waals surface area contributed by atoms with Crippen molar-refractivity contribution in [3.63, 3.8) is 0 Å². The highest BCUT2D eigenvalue weighted by Gasteiger charge is 2.30. The number of piperazine rings is 1. The van der Waals surface area contributed by atoms with E-state index in [4.69, 9.17) is 4.74 Å². The Morgan fingerprint density at radius 2 is 1.68 bits per heavy atom. The zero-order valence-corrected chi connectivity index (χ0v) is 15.6. The third-order valence-corrected chi connectivity index (χ3v) is 6.74. The Morgan fingerprint density at radius 1 is 1.04 bits per heavy atom. The first kappa shape index (κ1) is 17.9. The number of quaternary nitrogens is 1. The molecule has 1 saturated heterocycles. The van der Waals surface area contributed by atoms with Gasteiger partial charge in [-0.3, -0.25) is 0 Å². The molecule has 0 radical (unpaired) electrons. The molecular weight excluding hydrogens is 336 g/mol. The molecule has 3 rings (SSSR count). The Balaban J connectivity index is 1.64. The minimum atomic E-state index is -3.43. The van der Waals surface area contributed by atoms with Gasteiger partial charge in [0, 0.05) is 5.56 Å². The van der Waals surface area contributed by atoms with Crippen molar-refractivity contribution in [2.24, 2.45) is 0 Å². The number of nitrogens with one attached hydrogen (secondary N) is 1. The van der Waals surface area contributed by atoms with Gasteiger partial charge in [0.2, 0.25) is 10.0 Å². The average Bonchev–Trinajstić information content (AvgIpc) is 2.64. The van der Waals surface area contributed by atoms with E-state index in [1.54, 1.807) is 35.7 Å². The lowest BCUT2D eigenvalue weighted by atomic mass is 10.1. The average molecular weight is 361 g/mol. The van der Waals surface area contributed by atoms with E-state index in [1.165, 1.54) is 16.0 Å². The summed E-state index contributed by atoms with van der Waals surface area (Å²) >= 11 is 0. The second kappa shape index (κ2) is 7.56. The zero-order valence-electron chi connectivity index (χ0n) is 14.7. The molecule has 25 heavy (non-hydrogen) atoms. The van der Waals surface area contributed by atoms with E-state index in [-0.39, 0.29) is 0 Å². The lowest BCUT2D eigenvalue weighted by Crippen LogP contribution is -3.13. The van der Waals surface area contributed by atoms with Gasteiger partial charge in [0.15, 0.2) is 0 Å². The zero-order chi connectivity index (χ0) is 17.9. The van der Waals surface area contributed by atoms with Crippen LogP contribution < -0.4 is 9.64 Å². The van der Waals surface area contributed by atoms with E-state index in [2.05, 4.69) is 25.1 Å². The van der Waals surface area contributed by atoms with Crippen LogP contribution in [0.15, 0.2) is 53.4 Å². The van der Waals surface area contributed by atoms with Crippen LogP contribution in [0.1, 0.15) is 11.1 Å². The molecule has 1 N–H and O–H groups in total. The summed E-state index contributed by atoms with van der Waals surface area (Å²) in [5.74, 6) is 0.659. The number of hydrogen-bond acceptors (Lipinski definition) is 3. The van der Waals surface area contributed by atoms with Crippen LogP contribution in [-0.4, -0.2) is 46.0 Å². The molecule has 1 aliphatic rings. The van der Waals surface area contributed by atoms with Crippen LogP contribution in [-0.2, 0) is 16.6 Å². The van der Waals surface area contributed by atoms with Gasteiger partial charge < -0.3 is 9.64 Å². The van der Waals surface area contributed by atoms with Gasteiger partial charge in [-0.25, -0.2) is 8.42 Å². The smallest absolute Gasteiger partial charge is 0.243 e. The van der Waals surface area contributed by atoms with Crippen LogP contribution in [0.4, 0.5) is 0 Å². The Labute approximate surface area is 149 Å². The highest BCUT2D eigenvalue weighted by Crippen LogP contribution is 2.19. The SMILES string of the molecule is COc1ccc(S(=O)(=O)N2CC[NH+](Cc3ccccc3C)CC2)cc1. The van der Waals surface area contributed by atoms with Gasteiger partial charge in [-0.1, -0.05) is 24.3 Å². The lowest BCUT2D eigenvalue weighted by molar-refractivity contribution is -0.917. The van der Waals surface area contributed by atoms with Gasteiger partial charge in [0.25, 0.3) is 0 Å². The van der Waals surface area contributed by atoms with E-state index in [1.807, 2.05) is 6.07 Å². The van der Waals surface area contributed by atoms with Crippen LogP contribution in [0.2, 0.25) is 0 Å². The predicted octanol–water partition coefficient (Wildman–Crippen LogP) is 1.09. The van der Waals surface area contributed by atoms with Gasteiger partial charge in [-0.15, -0.1) is 0 Å². The number of nitrogens with zero attached hydrogens (tertiary/aromatic N) is 1. The minimum Gasteiger partial charge on any atom is -0.497 e. The van der Waals surface area contributed by atoms with Gasteiger partial charge in [0.05, 0.1) is 38.2 Å². The summed E-state index contributed by atoms with van der Waals surface area (Å²) in [4.78, 5) is 1.76. The molecular formula is C19H25N2O3S+. The normalized spacial score (nSPS) is 16.7. The van der Waals surface area contributed by atoms with Crippen molar-refractivity contribution in [3.05, 3.63) is 59.7 Å². The molecule has 2 aromatic rings. The van der Waals surface area contributed by atoms with Crippen molar-refractivity contribution < 1.29 is 18.1 Å². The third kappa shape index (κ3) is 4.03. The molecule has 0 unspecified atom stereocenters. The summed E-state index contributed by atoms with van der Waals surface area (Å²) in [7, 11) is -1.86. The fourth-order valence-electron chi connectivity index (χ4n) is 3.19. The molecule has 0 bridgehead atoms. The van der Waals surface area contributed by atoms with Crippen LogP contribution in [0.3, 0.4) is 0 Å². The number of sulfonamides is 1. The second-order valence-electron chi connectivity index (χ2n) is 6.43. The topological polar surface area (TPSA) is 51.1 Å². The number of aryl methyl sites for hydroxylation is 1. The maximum atomic E-state index is 12.8. The highest BCUT2D eigenvalue weighted by molar-refractivity contribution is 7.89. The lowest BCUT2D eigenvalue weighted by Gasteiger charge is -2.31. The van der Waals surface area contributed by atoms with Crippen molar-refractivity contribution >= 4 is 10.0 Å². The summed E-state index contributed by atoms with van der Waals surface area (Å²) < 4.78 is 32.3.